The van der Waals surface area contributed by atoms with Gasteiger partial charge in [0.25, 0.3) is 5.91 Å². The summed E-state index contributed by atoms with van der Waals surface area (Å²) in [6.07, 6.45) is 1.74. The van der Waals surface area contributed by atoms with Crippen molar-refractivity contribution < 1.29 is 23.8 Å². The lowest BCUT2D eigenvalue weighted by Gasteiger charge is -2.12. The van der Waals surface area contributed by atoms with Gasteiger partial charge in [0.15, 0.2) is 11.8 Å². The minimum Gasteiger partial charge on any atom is -0.497 e. The molecule has 0 saturated carbocycles. The van der Waals surface area contributed by atoms with Crippen molar-refractivity contribution in [2.24, 2.45) is 4.99 Å². The van der Waals surface area contributed by atoms with E-state index in [0.29, 0.717) is 27.9 Å². The van der Waals surface area contributed by atoms with Gasteiger partial charge in [-0.05, 0) is 67.2 Å². The van der Waals surface area contributed by atoms with E-state index >= 15 is 0 Å². The molecule has 9 heteroatoms. The second-order valence-corrected chi connectivity index (χ2v) is 8.22. The van der Waals surface area contributed by atoms with E-state index in [1.165, 1.54) is 18.9 Å². The SMILES string of the molecule is CCN1C(=O)/C(=C\c2cc(Br)ccc2OCC(=O)OC)SC1=Nc1ccc(OC)cc1. The van der Waals surface area contributed by atoms with E-state index in [2.05, 4.69) is 25.7 Å². The van der Waals surface area contributed by atoms with Crippen LogP contribution in [0.15, 0.2) is 56.8 Å². The van der Waals surface area contributed by atoms with Gasteiger partial charge in [-0.25, -0.2) is 9.79 Å². The quantitative estimate of drug-likeness (QED) is 0.404. The highest BCUT2D eigenvalue weighted by Gasteiger charge is 2.32. The number of likely N-dealkylation sites (N-methyl/N-ethyl adjacent to an activating group) is 1. The minimum absolute atomic E-state index is 0.140. The number of amidine groups is 1. The number of esters is 1. The molecule has 0 aromatic heterocycles. The number of carbonyl (C=O) groups excluding carboxylic acids is 2. The number of rotatable bonds is 7. The Kier molecular flexibility index (Phi) is 7.75. The highest BCUT2D eigenvalue weighted by Crippen LogP contribution is 2.36. The van der Waals surface area contributed by atoms with Crippen LogP contribution >= 0.6 is 27.7 Å². The summed E-state index contributed by atoms with van der Waals surface area (Å²) in [5.41, 5.74) is 1.39. The van der Waals surface area contributed by atoms with Gasteiger partial charge in [-0.1, -0.05) is 15.9 Å². The number of halogens is 1. The second kappa shape index (κ2) is 10.5. The predicted molar refractivity (Wildman–Crippen MR) is 125 cm³/mol. The summed E-state index contributed by atoms with van der Waals surface area (Å²) in [4.78, 5) is 31.2. The molecule has 0 radical (unpaired) electrons. The summed E-state index contributed by atoms with van der Waals surface area (Å²) in [7, 11) is 2.90. The second-order valence-electron chi connectivity index (χ2n) is 6.30. The highest BCUT2D eigenvalue weighted by molar-refractivity contribution is 9.10. The highest BCUT2D eigenvalue weighted by atomic mass is 79.9. The summed E-state index contributed by atoms with van der Waals surface area (Å²) >= 11 is 4.72. The number of hydrogen-bond donors (Lipinski definition) is 0. The first-order chi connectivity index (χ1) is 14.9. The van der Waals surface area contributed by atoms with Crippen molar-refractivity contribution in [3.8, 4) is 11.5 Å². The van der Waals surface area contributed by atoms with E-state index in [9.17, 15) is 9.59 Å². The van der Waals surface area contributed by atoms with Gasteiger partial charge in [0.2, 0.25) is 0 Å². The maximum absolute atomic E-state index is 13.0. The smallest absolute Gasteiger partial charge is 0.343 e. The number of benzene rings is 2. The lowest BCUT2D eigenvalue weighted by molar-refractivity contribution is -0.142. The Morgan fingerprint density at radius 1 is 1.19 bits per heavy atom. The van der Waals surface area contributed by atoms with E-state index in [4.69, 9.17) is 9.47 Å². The molecule has 0 aliphatic carbocycles. The average molecular weight is 505 g/mol. The Balaban J connectivity index is 1.90. The third-order valence-corrected chi connectivity index (χ3v) is 5.83. The Labute approximate surface area is 193 Å². The standard InChI is InChI=1S/C22H21BrN2O5S/c1-4-25-21(27)19(31-22(25)24-16-6-8-17(28-2)9-7-16)12-14-11-15(23)5-10-18(14)30-13-20(26)29-3/h5-12H,4,13H2,1-3H3/b19-12+,24-22?. The third kappa shape index (κ3) is 5.68. The van der Waals surface area contributed by atoms with Crippen LogP contribution in [0.4, 0.5) is 5.69 Å². The van der Waals surface area contributed by atoms with Crippen molar-refractivity contribution in [1.82, 2.24) is 4.90 Å². The first-order valence-corrected chi connectivity index (χ1v) is 11.0. The van der Waals surface area contributed by atoms with Gasteiger partial charge in [0.05, 0.1) is 24.8 Å². The third-order valence-electron chi connectivity index (χ3n) is 4.33. The molecular weight excluding hydrogens is 484 g/mol. The fourth-order valence-corrected chi connectivity index (χ4v) is 4.17. The first kappa shape index (κ1) is 22.9. The van der Waals surface area contributed by atoms with Gasteiger partial charge in [0.1, 0.15) is 11.5 Å². The van der Waals surface area contributed by atoms with Crippen LogP contribution in [0.25, 0.3) is 6.08 Å². The summed E-state index contributed by atoms with van der Waals surface area (Å²) in [6.45, 7) is 2.16. The van der Waals surface area contributed by atoms with Crippen molar-refractivity contribution in [2.45, 2.75) is 6.92 Å². The van der Waals surface area contributed by atoms with Gasteiger partial charge < -0.3 is 14.2 Å². The van der Waals surface area contributed by atoms with E-state index in [0.717, 1.165) is 15.9 Å². The largest absolute Gasteiger partial charge is 0.497 e. The normalized spacial score (nSPS) is 16.1. The molecule has 0 unspecified atom stereocenters. The summed E-state index contributed by atoms with van der Waals surface area (Å²) < 4.78 is 16.2. The Bertz CT molecular complexity index is 1040. The lowest BCUT2D eigenvalue weighted by Crippen LogP contribution is -2.28. The van der Waals surface area contributed by atoms with Gasteiger partial charge in [-0.15, -0.1) is 0 Å². The molecule has 0 atom stereocenters. The van der Waals surface area contributed by atoms with Crippen molar-refractivity contribution in [1.29, 1.82) is 0 Å². The number of ether oxygens (including phenoxy) is 3. The van der Waals surface area contributed by atoms with Gasteiger partial charge >= 0.3 is 5.97 Å². The lowest BCUT2D eigenvalue weighted by atomic mass is 10.2. The van der Waals surface area contributed by atoms with Gasteiger partial charge in [0, 0.05) is 16.6 Å². The maximum Gasteiger partial charge on any atom is 0.343 e. The number of hydrogen-bond acceptors (Lipinski definition) is 7. The molecule has 2 aromatic carbocycles. The molecule has 31 heavy (non-hydrogen) atoms. The Morgan fingerprint density at radius 2 is 1.94 bits per heavy atom. The number of amides is 1. The molecule has 0 spiro atoms. The summed E-state index contributed by atoms with van der Waals surface area (Å²) in [5, 5.41) is 0.593. The number of thioether (sulfide) groups is 1. The molecule has 2 aromatic rings. The fraction of sp³-hybridized carbons (Fsp3) is 0.227. The average Bonchev–Trinajstić information content (AvgIpc) is 3.07. The van der Waals surface area contributed by atoms with Crippen LogP contribution < -0.4 is 9.47 Å². The molecule has 7 nitrogen and oxygen atoms in total. The van der Waals surface area contributed by atoms with Crippen LogP contribution in [0.2, 0.25) is 0 Å². The molecule has 1 saturated heterocycles. The molecule has 1 aliphatic rings. The van der Waals surface area contributed by atoms with Crippen molar-refractivity contribution in [2.75, 3.05) is 27.4 Å². The Hall–Kier alpha value is -2.78. The predicted octanol–water partition coefficient (Wildman–Crippen LogP) is 4.63. The molecule has 3 rings (SSSR count). The van der Waals surface area contributed by atoms with E-state index in [1.807, 2.05) is 37.3 Å². The first-order valence-electron chi connectivity index (χ1n) is 9.38. The molecule has 162 valence electrons. The zero-order chi connectivity index (χ0) is 22.4. The molecule has 1 aliphatic heterocycles. The van der Waals surface area contributed by atoms with Crippen molar-refractivity contribution in [3.05, 3.63) is 57.4 Å². The molecule has 0 bridgehead atoms. The van der Waals surface area contributed by atoms with Crippen LogP contribution in [0.1, 0.15) is 12.5 Å². The molecular formula is C22H21BrN2O5S. The van der Waals surface area contributed by atoms with Crippen LogP contribution in [0, 0.1) is 0 Å². The maximum atomic E-state index is 13.0. The number of aliphatic imine (C=N–C) groups is 1. The summed E-state index contributed by atoms with van der Waals surface area (Å²) in [5.74, 6) is 0.580. The molecule has 0 N–H and O–H groups in total. The zero-order valence-corrected chi connectivity index (χ0v) is 19.7. The Morgan fingerprint density at radius 3 is 2.58 bits per heavy atom. The molecule has 1 amide bonds. The topological polar surface area (TPSA) is 77.4 Å². The van der Waals surface area contributed by atoms with Crippen LogP contribution in [-0.4, -0.2) is 49.3 Å². The zero-order valence-electron chi connectivity index (χ0n) is 17.3. The van der Waals surface area contributed by atoms with Gasteiger partial charge in [-0.2, -0.15) is 0 Å². The fourth-order valence-electron chi connectivity index (χ4n) is 2.74. The van der Waals surface area contributed by atoms with Crippen LogP contribution in [0.5, 0.6) is 11.5 Å². The van der Waals surface area contributed by atoms with Crippen molar-refractivity contribution in [3.63, 3.8) is 0 Å². The number of carbonyl (C=O) groups is 2. The van der Waals surface area contributed by atoms with E-state index < -0.39 is 5.97 Å². The molecule has 1 fully saturated rings. The minimum atomic E-state index is -0.487. The van der Waals surface area contributed by atoms with Gasteiger partial charge in [-0.3, -0.25) is 9.69 Å². The van der Waals surface area contributed by atoms with Crippen molar-refractivity contribution >= 4 is 56.5 Å². The van der Waals surface area contributed by atoms with E-state index in [-0.39, 0.29) is 12.5 Å². The number of methoxy groups -OCH3 is 2. The number of nitrogens with zero attached hydrogens (tertiary/aromatic N) is 2. The van der Waals surface area contributed by atoms with Crippen LogP contribution in [-0.2, 0) is 14.3 Å². The molecule has 1 heterocycles. The monoisotopic (exact) mass is 504 g/mol. The van der Waals surface area contributed by atoms with Crippen LogP contribution in [0.3, 0.4) is 0 Å². The van der Waals surface area contributed by atoms with E-state index in [1.54, 1.807) is 30.2 Å². The summed E-state index contributed by atoms with van der Waals surface area (Å²) in [6, 6.07) is 12.7.